The van der Waals surface area contributed by atoms with Gasteiger partial charge >= 0.3 is 0 Å². The molecule has 1 aliphatic carbocycles. The van der Waals surface area contributed by atoms with E-state index >= 15 is 0 Å². The standard InChI is InChI=1S/C17H28N2/c1-4-16(14-10-8-13(2)9-11-14)19(3)17-7-5-6-15(17)12-18/h8-11,15-17H,4-7,12,18H2,1-3H3. The smallest absolute Gasteiger partial charge is 0.0345 e. The number of benzene rings is 1. The first-order valence-corrected chi connectivity index (χ1v) is 7.66. The van der Waals surface area contributed by atoms with Crippen LogP contribution in [0.4, 0.5) is 0 Å². The van der Waals surface area contributed by atoms with Crippen LogP contribution in [-0.2, 0) is 0 Å². The number of nitrogens with two attached hydrogens (primary N) is 1. The average Bonchev–Trinajstić information content (AvgIpc) is 2.90. The molecule has 1 saturated carbocycles. The van der Waals surface area contributed by atoms with Gasteiger partial charge in [0.15, 0.2) is 0 Å². The minimum absolute atomic E-state index is 0.526. The molecule has 0 saturated heterocycles. The van der Waals surface area contributed by atoms with E-state index in [1.54, 1.807) is 0 Å². The van der Waals surface area contributed by atoms with Gasteiger partial charge in [0.05, 0.1) is 0 Å². The van der Waals surface area contributed by atoms with Crippen molar-refractivity contribution >= 4 is 0 Å². The molecule has 1 aliphatic rings. The summed E-state index contributed by atoms with van der Waals surface area (Å²) in [7, 11) is 2.28. The highest BCUT2D eigenvalue weighted by molar-refractivity contribution is 5.24. The Bertz CT molecular complexity index is 385. The summed E-state index contributed by atoms with van der Waals surface area (Å²) in [6.45, 7) is 5.27. The molecule has 1 aromatic rings. The molecule has 3 unspecified atom stereocenters. The van der Waals surface area contributed by atoms with Crippen LogP contribution in [-0.4, -0.2) is 24.5 Å². The minimum atomic E-state index is 0.526. The van der Waals surface area contributed by atoms with Gasteiger partial charge in [0.1, 0.15) is 0 Å². The van der Waals surface area contributed by atoms with Crippen LogP contribution >= 0.6 is 0 Å². The van der Waals surface area contributed by atoms with Crippen LogP contribution in [0.25, 0.3) is 0 Å². The normalized spacial score (nSPS) is 24.9. The van der Waals surface area contributed by atoms with E-state index < -0.39 is 0 Å². The fourth-order valence-corrected chi connectivity index (χ4v) is 3.61. The lowest BCUT2D eigenvalue weighted by Gasteiger charge is -2.36. The van der Waals surface area contributed by atoms with Gasteiger partial charge in [0.2, 0.25) is 0 Å². The number of nitrogens with zero attached hydrogens (tertiary/aromatic N) is 1. The van der Waals surface area contributed by atoms with Gasteiger partial charge in [-0.3, -0.25) is 4.90 Å². The van der Waals surface area contributed by atoms with Gasteiger partial charge in [-0.15, -0.1) is 0 Å². The second-order valence-corrected chi connectivity index (χ2v) is 5.99. The maximum Gasteiger partial charge on any atom is 0.0345 e. The van der Waals surface area contributed by atoms with Crippen LogP contribution in [0, 0.1) is 12.8 Å². The number of rotatable bonds is 5. The van der Waals surface area contributed by atoms with Crippen molar-refractivity contribution in [2.45, 2.75) is 51.6 Å². The highest BCUT2D eigenvalue weighted by atomic mass is 15.2. The first-order valence-electron chi connectivity index (χ1n) is 7.66. The van der Waals surface area contributed by atoms with Crippen molar-refractivity contribution in [2.75, 3.05) is 13.6 Å². The van der Waals surface area contributed by atoms with Gasteiger partial charge in [0, 0.05) is 12.1 Å². The van der Waals surface area contributed by atoms with Crippen molar-refractivity contribution in [1.82, 2.24) is 4.90 Å². The summed E-state index contributed by atoms with van der Waals surface area (Å²) in [5.74, 6) is 0.685. The molecule has 3 atom stereocenters. The lowest BCUT2D eigenvalue weighted by molar-refractivity contribution is 0.138. The summed E-state index contributed by atoms with van der Waals surface area (Å²) < 4.78 is 0. The third-order valence-corrected chi connectivity index (χ3v) is 4.79. The lowest BCUT2D eigenvalue weighted by atomic mass is 9.96. The van der Waals surface area contributed by atoms with Crippen LogP contribution in [0.5, 0.6) is 0 Å². The Morgan fingerprint density at radius 1 is 1.26 bits per heavy atom. The summed E-state index contributed by atoms with van der Waals surface area (Å²) >= 11 is 0. The van der Waals surface area contributed by atoms with E-state index in [-0.39, 0.29) is 0 Å². The molecule has 19 heavy (non-hydrogen) atoms. The molecule has 2 heteroatoms. The second kappa shape index (κ2) is 6.53. The van der Waals surface area contributed by atoms with Crippen LogP contribution in [0.3, 0.4) is 0 Å². The van der Waals surface area contributed by atoms with Crippen LogP contribution in [0.15, 0.2) is 24.3 Å². The summed E-state index contributed by atoms with van der Waals surface area (Å²) in [4.78, 5) is 2.58. The fourth-order valence-electron chi connectivity index (χ4n) is 3.61. The van der Waals surface area contributed by atoms with E-state index in [0.717, 1.165) is 13.0 Å². The maximum atomic E-state index is 5.94. The molecule has 0 amide bonds. The van der Waals surface area contributed by atoms with Gasteiger partial charge in [-0.25, -0.2) is 0 Å². The molecular formula is C17H28N2. The van der Waals surface area contributed by atoms with Crippen LogP contribution < -0.4 is 5.73 Å². The monoisotopic (exact) mass is 260 g/mol. The predicted molar refractivity (Wildman–Crippen MR) is 82.2 cm³/mol. The van der Waals surface area contributed by atoms with Gasteiger partial charge in [-0.05, 0) is 51.3 Å². The van der Waals surface area contributed by atoms with E-state index in [1.165, 1.54) is 30.4 Å². The van der Waals surface area contributed by atoms with Crippen molar-refractivity contribution in [1.29, 1.82) is 0 Å². The van der Waals surface area contributed by atoms with Crippen molar-refractivity contribution in [3.8, 4) is 0 Å². The molecule has 1 aromatic carbocycles. The Hall–Kier alpha value is -0.860. The first-order chi connectivity index (χ1) is 9.17. The zero-order valence-electron chi connectivity index (χ0n) is 12.6. The zero-order valence-corrected chi connectivity index (χ0v) is 12.6. The van der Waals surface area contributed by atoms with Gasteiger partial charge in [-0.2, -0.15) is 0 Å². The Kier molecular flexibility index (Phi) is 5.00. The van der Waals surface area contributed by atoms with Crippen LogP contribution in [0.2, 0.25) is 0 Å². The van der Waals surface area contributed by atoms with Crippen molar-refractivity contribution < 1.29 is 0 Å². The SMILES string of the molecule is CCC(c1ccc(C)cc1)N(C)C1CCCC1CN. The largest absolute Gasteiger partial charge is 0.330 e. The molecule has 0 aromatic heterocycles. The predicted octanol–water partition coefficient (Wildman–Crippen LogP) is 3.51. The van der Waals surface area contributed by atoms with Crippen LogP contribution in [0.1, 0.15) is 49.8 Å². The van der Waals surface area contributed by atoms with Crippen molar-refractivity contribution in [3.63, 3.8) is 0 Å². The zero-order chi connectivity index (χ0) is 13.8. The molecule has 1 fully saturated rings. The van der Waals surface area contributed by atoms with Gasteiger partial charge < -0.3 is 5.73 Å². The topological polar surface area (TPSA) is 29.3 Å². The third-order valence-electron chi connectivity index (χ3n) is 4.79. The Balaban J connectivity index is 2.14. The lowest BCUT2D eigenvalue weighted by Crippen LogP contribution is -2.39. The third kappa shape index (κ3) is 3.18. The van der Waals surface area contributed by atoms with Gasteiger partial charge in [0.25, 0.3) is 0 Å². The summed E-state index contributed by atoms with van der Waals surface area (Å²) in [5.41, 5.74) is 8.71. The fraction of sp³-hybridized carbons (Fsp3) is 0.647. The first kappa shape index (κ1) is 14.5. The van der Waals surface area contributed by atoms with Crippen molar-refractivity contribution in [2.24, 2.45) is 11.7 Å². The molecule has 2 rings (SSSR count). The molecule has 2 nitrogen and oxygen atoms in total. The molecule has 0 radical (unpaired) electrons. The number of aryl methyl sites for hydroxylation is 1. The molecule has 0 spiro atoms. The molecular weight excluding hydrogens is 232 g/mol. The quantitative estimate of drug-likeness (QED) is 0.878. The Labute approximate surface area is 118 Å². The minimum Gasteiger partial charge on any atom is -0.330 e. The second-order valence-electron chi connectivity index (χ2n) is 5.99. The van der Waals surface area contributed by atoms with E-state index in [1.807, 2.05) is 0 Å². The van der Waals surface area contributed by atoms with E-state index in [2.05, 4.69) is 50.1 Å². The highest BCUT2D eigenvalue weighted by Gasteiger charge is 2.32. The highest BCUT2D eigenvalue weighted by Crippen LogP contribution is 2.34. The molecule has 0 heterocycles. The van der Waals surface area contributed by atoms with Gasteiger partial charge in [-0.1, -0.05) is 43.2 Å². The molecule has 0 aliphatic heterocycles. The van der Waals surface area contributed by atoms with E-state index in [4.69, 9.17) is 5.73 Å². The Morgan fingerprint density at radius 3 is 2.53 bits per heavy atom. The molecule has 2 N–H and O–H groups in total. The van der Waals surface area contributed by atoms with E-state index in [9.17, 15) is 0 Å². The number of hydrogen-bond donors (Lipinski definition) is 1. The average molecular weight is 260 g/mol. The number of hydrogen-bond acceptors (Lipinski definition) is 2. The Morgan fingerprint density at radius 2 is 1.95 bits per heavy atom. The summed E-state index contributed by atoms with van der Waals surface area (Å²) in [5, 5.41) is 0. The molecule has 106 valence electrons. The summed E-state index contributed by atoms with van der Waals surface area (Å²) in [6, 6.07) is 10.2. The van der Waals surface area contributed by atoms with Crippen molar-refractivity contribution in [3.05, 3.63) is 35.4 Å². The summed E-state index contributed by atoms with van der Waals surface area (Å²) in [6.07, 6.45) is 5.10. The van der Waals surface area contributed by atoms with E-state index in [0.29, 0.717) is 18.0 Å². The maximum absolute atomic E-state index is 5.94. The molecule has 0 bridgehead atoms.